The van der Waals surface area contributed by atoms with Crippen LogP contribution in [0.3, 0.4) is 0 Å². The number of aromatic nitrogens is 5. The van der Waals surface area contributed by atoms with Gasteiger partial charge < -0.3 is 0 Å². The summed E-state index contributed by atoms with van der Waals surface area (Å²) in [5.41, 5.74) is 2.39. The van der Waals surface area contributed by atoms with Crippen molar-refractivity contribution in [3.8, 4) is 22.8 Å². The summed E-state index contributed by atoms with van der Waals surface area (Å²) < 4.78 is 1.72. The second-order valence-corrected chi connectivity index (χ2v) is 5.50. The van der Waals surface area contributed by atoms with Gasteiger partial charge in [-0.15, -0.1) is 11.3 Å². The molecule has 0 aromatic carbocycles. The minimum Gasteiger partial charge on any atom is -0.275 e. The van der Waals surface area contributed by atoms with Gasteiger partial charge in [-0.05, 0) is 6.92 Å². The molecule has 0 aliphatic carbocycles. The molecule has 0 N–H and O–H groups in total. The molecule has 0 spiro atoms. The number of aryl methyl sites for hydroxylation is 2. The SMILES string of the molecule is Cc1nc(-c2nc(Cl)cc(-c3cnn(C)c3)n2)cs1. The third kappa shape index (κ3) is 2.50. The predicted molar refractivity (Wildman–Crippen MR) is 75.1 cm³/mol. The van der Waals surface area contributed by atoms with E-state index < -0.39 is 0 Å². The van der Waals surface area contributed by atoms with Gasteiger partial charge >= 0.3 is 0 Å². The van der Waals surface area contributed by atoms with E-state index in [9.17, 15) is 0 Å². The Hall–Kier alpha value is -1.79. The third-order valence-corrected chi connectivity index (χ3v) is 3.51. The summed E-state index contributed by atoms with van der Waals surface area (Å²) in [5, 5.41) is 7.42. The second kappa shape index (κ2) is 4.71. The molecule has 0 saturated heterocycles. The van der Waals surface area contributed by atoms with Crippen LogP contribution in [0.1, 0.15) is 5.01 Å². The van der Waals surface area contributed by atoms with E-state index >= 15 is 0 Å². The smallest absolute Gasteiger partial charge is 0.181 e. The fraction of sp³-hybridized carbons (Fsp3) is 0.167. The van der Waals surface area contributed by atoms with Gasteiger partial charge in [0.25, 0.3) is 0 Å². The number of hydrogen-bond donors (Lipinski definition) is 0. The Morgan fingerprint density at radius 2 is 2.05 bits per heavy atom. The summed E-state index contributed by atoms with van der Waals surface area (Å²) in [4.78, 5) is 13.1. The monoisotopic (exact) mass is 291 g/mol. The van der Waals surface area contributed by atoms with Gasteiger partial charge in [-0.25, -0.2) is 15.0 Å². The summed E-state index contributed by atoms with van der Waals surface area (Å²) in [6.07, 6.45) is 3.63. The molecule has 0 radical (unpaired) electrons. The topological polar surface area (TPSA) is 56.5 Å². The van der Waals surface area contributed by atoms with Crippen LogP contribution in [-0.2, 0) is 7.05 Å². The molecule has 96 valence electrons. The molecule has 3 heterocycles. The van der Waals surface area contributed by atoms with Crippen LogP contribution in [-0.4, -0.2) is 24.7 Å². The fourth-order valence-electron chi connectivity index (χ4n) is 1.70. The Bertz CT molecular complexity index is 675. The average Bonchev–Trinajstić information content (AvgIpc) is 2.97. The van der Waals surface area contributed by atoms with E-state index in [1.807, 2.05) is 25.5 Å². The molecule has 3 rings (SSSR count). The van der Waals surface area contributed by atoms with E-state index in [2.05, 4.69) is 20.1 Å². The van der Waals surface area contributed by atoms with Gasteiger partial charge in [-0.1, -0.05) is 11.6 Å². The average molecular weight is 292 g/mol. The number of hydrogen-bond acceptors (Lipinski definition) is 5. The molecular formula is C12H10ClN5S. The van der Waals surface area contributed by atoms with Crippen molar-refractivity contribution in [2.75, 3.05) is 0 Å². The Balaban J connectivity index is 2.10. The number of halogens is 1. The first-order valence-corrected chi connectivity index (χ1v) is 6.84. The molecule has 0 bridgehead atoms. The molecule has 7 heteroatoms. The Labute approximate surface area is 118 Å². The molecule has 0 fully saturated rings. The quantitative estimate of drug-likeness (QED) is 0.681. The lowest BCUT2D eigenvalue weighted by molar-refractivity contribution is 0.768. The van der Waals surface area contributed by atoms with Crippen molar-refractivity contribution in [2.45, 2.75) is 6.92 Å². The normalized spacial score (nSPS) is 10.9. The van der Waals surface area contributed by atoms with Gasteiger partial charge in [-0.3, -0.25) is 4.68 Å². The van der Waals surface area contributed by atoms with Crippen molar-refractivity contribution in [2.24, 2.45) is 7.05 Å². The molecule has 0 saturated carbocycles. The first-order chi connectivity index (χ1) is 9.11. The van der Waals surface area contributed by atoms with Gasteiger partial charge in [-0.2, -0.15) is 5.10 Å². The third-order valence-electron chi connectivity index (χ3n) is 2.54. The van der Waals surface area contributed by atoms with Gasteiger partial charge in [0.15, 0.2) is 5.82 Å². The van der Waals surface area contributed by atoms with Crippen LogP contribution in [0.2, 0.25) is 5.15 Å². The standard InChI is InChI=1S/C12H10ClN5S/c1-7-15-10(6-19-7)12-16-9(3-11(13)17-12)8-4-14-18(2)5-8/h3-6H,1-2H3. The molecule has 0 unspecified atom stereocenters. The summed E-state index contributed by atoms with van der Waals surface area (Å²) >= 11 is 7.62. The largest absolute Gasteiger partial charge is 0.275 e. The van der Waals surface area contributed by atoms with Crippen LogP contribution in [0, 0.1) is 6.92 Å². The van der Waals surface area contributed by atoms with Crippen molar-refractivity contribution >= 4 is 22.9 Å². The Morgan fingerprint density at radius 3 is 2.68 bits per heavy atom. The highest BCUT2D eigenvalue weighted by Gasteiger charge is 2.11. The van der Waals surface area contributed by atoms with Crippen LogP contribution in [0.15, 0.2) is 23.8 Å². The van der Waals surface area contributed by atoms with Crippen molar-refractivity contribution < 1.29 is 0 Å². The fourth-order valence-corrected chi connectivity index (χ4v) is 2.47. The van der Waals surface area contributed by atoms with Crippen LogP contribution in [0.4, 0.5) is 0 Å². The lowest BCUT2D eigenvalue weighted by atomic mass is 10.2. The minimum absolute atomic E-state index is 0.398. The number of nitrogens with zero attached hydrogens (tertiary/aromatic N) is 5. The Morgan fingerprint density at radius 1 is 1.21 bits per heavy atom. The zero-order chi connectivity index (χ0) is 13.4. The first-order valence-electron chi connectivity index (χ1n) is 5.58. The maximum Gasteiger partial charge on any atom is 0.181 e. The van der Waals surface area contributed by atoms with Crippen molar-refractivity contribution in [1.29, 1.82) is 0 Å². The lowest BCUT2D eigenvalue weighted by Gasteiger charge is -2.01. The molecular weight excluding hydrogens is 282 g/mol. The molecule has 0 aliphatic rings. The van der Waals surface area contributed by atoms with Gasteiger partial charge in [0.1, 0.15) is 10.8 Å². The molecule has 3 aromatic rings. The highest BCUT2D eigenvalue weighted by Crippen LogP contribution is 2.24. The van der Waals surface area contributed by atoms with Gasteiger partial charge in [0.2, 0.25) is 0 Å². The summed E-state index contributed by atoms with van der Waals surface area (Å²) in [5.74, 6) is 0.538. The van der Waals surface area contributed by atoms with Crippen molar-refractivity contribution in [1.82, 2.24) is 24.7 Å². The first kappa shape index (κ1) is 12.3. The van der Waals surface area contributed by atoms with Crippen molar-refractivity contribution in [3.63, 3.8) is 0 Å². The predicted octanol–water partition coefficient (Wildman–Crippen LogP) is 2.96. The maximum atomic E-state index is 6.06. The van der Waals surface area contributed by atoms with E-state index in [1.165, 1.54) is 0 Å². The molecule has 0 amide bonds. The lowest BCUT2D eigenvalue weighted by Crippen LogP contribution is -1.93. The minimum atomic E-state index is 0.398. The second-order valence-electron chi connectivity index (χ2n) is 4.05. The van der Waals surface area contributed by atoms with E-state index in [4.69, 9.17) is 11.6 Å². The van der Waals surface area contributed by atoms with Crippen LogP contribution < -0.4 is 0 Å². The van der Waals surface area contributed by atoms with E-state index in [1.54, 1.807) is 28.3 Å². The Kier molecular flexibility index (Phi) is 3.04. The molecule has 19 heavy (non-hydrogen) atoms. The van der Waals surface area contributed by atoms with Crippen LogP contribution in [0.25, 0.3) is 22.8 Å². The zero-order valence-electron chi connectivity index (χ0n) is 10.3. The summed E-state index contributed by atoms with van der Waals surface area (Å²) in [6.45, 7) is 1.95. The van der Waals surface area contributed by atoms with E-state index in [0.717, 1.165) is 22.0 Å². The number of rotatable bonds is 2. The van der Waals surface area contributed by atoms with Crippen LogP contribution in [0.5, 0.6) is 0 Å². The summed E-state index contributed by atoms with van der Waals surface area (Å²) in [7, 11) is 1.86. The molecule has 0 atom stereocenters. The molecule has 5 nitrogen and oxygen atoms in total. The highest BCUT2D eigenvalue weighted by molar-refractivity contribution is 7.09. The van der Waals surface area contributed by atoms with E-state index in [0.29, 0.717) is 11.0 Å². The van der Waals surface area contributed by atoms with E-state index in [-0.39, 0.29) is 0 Å². The maximum absolute atomic E-state index is 6.06. The highest BCUT2D eigenvalue weighted by atomic mass is 35.5. The van der Waals surface area contributed by atoms with Crippen LogP contribution >= 0.6 is 22.9 Å². The molecule has 0 aliphatic heterocycles. The number of thiazole rings is 1. The van der Waals surface area contributed by atoms with Gasteiger partial charge in [0.05, 0.1) is 16.9 Å². The summed E-state index contributed by atoms with van der Waals surface area (Å²) in [6, 6.07) is 1.72. The molecule has 3 aromatic heterocycles. The van der Waals surface area contributed by atoms with Gasteiger partial charge in [0, 0.05) is 30.3 Å². The van der Waals surface area contributed by atoms with Crippen molar-refractivity contribution in [3.05, 3.63) is 34.0 Å². The zero-order valence-corrected chi connectivity index (χ0v) is 11.9.